The van der Waals surface area contributed by atoms with Crippen molar-refractivity contribution in [3.63, 3.8) is 0 Å². The van der Waals surface area contributed by atoms with Gasteiger partial charge in [-0.15, -0.1) is 0 Å². The van der Waals surface area contributed by atoms with E-state index in [1.807, 2.05) is 24.3 Å². The number of carbonyl (C=O) groups excluding carboxylic acids is 1. The fourth-order valence-electron chi connectivity index (χ4n) is 3.01. The van der Waals surface area contributed by atoms with Crippen molar-refractivity contribution in [3.05, 3.63) is 99.5 Å². The SMILES string of the molecule is CS(=O)(=O)N(Cc1ccc(C(=O)NCCc2ccc(Cl)cc2)cc1)c1ccc(Cl)cc1. The summed E-state index contributed by atoms with van der Waals surface area (Å²) in [6.45, 7) is 0.652. The van der Waals surface area contributed by atoms with Crippen molar-refractivity contribution in [3.8, 4) is 0 Å². The summed E-state index contributed by atoms with van der Waals surface area (Å²) in [7, 11) is -3.49. The molecule has 162 valence electrons. The van der Waals surface area contributed by atoms with Crippen LogP contribution in [0.2, 0.25) is 10.0 Å². The number of hydrogen-bond donors (Lipinski definition) is 1. The highest BCUT2D eigenvalue weighted by molar-refractivity contribution is 7.92. The van der Waals surface area contributed by atoms with Gasteiger partial charge in [0.05, 0.1) is 18.5 Å². The summed E-state index contributed by atoms with van der Waals surface area (Å²) < 4.78 is 25.8. The molecular weight excluding hydrogens is 455 g/mol. The Kier molecular flexibility index (Phi) is 7.59. The van der Waals surface area contributed by atoms with Gasteiger partial charge >= 0.3 is 0 Å². The summed E-state index contributed by atoms with van der Waals surface area (Å²) in [5.41, 5.74) is 2.88. The quantitative estimate of drug-likeness (QED) is 0.500. The number of nitrogens with zero attached hydrogens (tertiary/aromatic N) is 1. The number of sulfonamides is 1. The Morgan fingerprint density at radius 3 is 1.90 bits per heavy atom. The minimum Gasteiger partial charge on any atom is -0.352 e. The number of nitrogens with one attached hydrogen (secondary N) is 1. The van der Waals surface area contributed by atoms with Gasteiger partial charge in [0.2, 0.25) is 10.0 Å². The third-order valence-corrected chi connectivity index (χ3v) is 6.31. The van der Waals surface area contributed by atoms with Gasteiger partial charge in [-0.3, -0.25) is 9.10 Å². The lowest BCUT2D eigenvalue weighted by Crippen LogP contribution is -2.29. The van der Waals surface area contributed by atoms with Gasteiger partial charge in [0.15, 0.2) is 0 Å². The molecule has 0 heterocycles. The first-order valence-electron chi connectivity index (χ1n) is 9.57. The van der Waals surface area contributed by atoms with E-state index in [9.17, 15) is 13.2 Å². The molecule has 8 heteroatoms. The molecule has 1 amide bonds. The Morgan fingerprint density at radius 1 is 0.839 bits per heavy atom. The van der Waals surface area contributed by atoms with Gasteiger partial charge in [0, 0.05) is 22.2 Å². The smallest absolute Gasteiger partial charge is 0.251 e. The molecule has 0 bridgehead atoms. The van der Waals surface area contributed by atoms with Crippen molar-refractivity contribution >= 4 is 44.8 Å². The molecule has 1 N–H and O–H groups in total. The first-order chi connectivity index (χ1) is 14.7. The zero-order chi connectivity index (χ0) is 22.4. The zero-order valence-corrected chi connectivity index (χ0v) is 19.2. The molecule has 0 fully saturated rings. The standard InChI is InChI=1S/C23H22Cl2N2O3S/c1-31(29,30)27(22-12-10-21(25)11-13-22)16-18-2-6-19(7-3-18)23(28)26-15-14-17-4-8-20(24)9-5-17/h2-13H,14-16H2,1H3,(H,26,28). The van der Waals surface area contributed by atoms with E-state index < -0.39 is 10.0 Å². The monoisotopic (exact) mass is 476 g/mol. The largest absolute Gasteiger partial charge is 0.352 e. The number of carbonyl (C=O) groups is 1. The highest BCUT2D eigenvalue weighted by Gasteiger charge is 2.18. The molecule has 0 aromatic heterocycles. The highest BCUT2D eigenvalue weighted by atomic mass is 35.5. The summed E-state index contributed by atoms with van der Waals surface area (Å²) in [6, 6.07) is 21.0. The number of rotatable bonds is 8. The van der Waals surface area contributed by atoms with Crippen LogP contribution in [-0.4, -0.2) is 27.1 Å². The average molecular weight is 477 g/mol. The lowest BCUT2D eigenvalue weighted by atomic mass is 10.1. The second-order valence-electron chi connectivity index (χ2n) is 7.08. The van der Waals surface area contributed by atoms with Crippen LogP contribution < -0.4 is 9.62 Å². The van der Waals surface area contributed by atoms with Gasteiger partial charge in [0.25, 0.3) is 5.91 Å². The molecule has 0 aliphatic carbocycles. The fraction of sp³-hybridized carbons (Fsp3) is 0.174. The van der Waals surface area contributed by atoms with Gasteiger partial charge in [-0.05, 0) is 66.1 Å². The van der Waals surface area contributed by atoms with Crippen molar-refractivity contribution in [1.29, 1.82) is 0 Å². The molecule has 3 aromatic rings. The van der Waals surface area contributed by atoms with Crippen molar-refractivity contribution < 1.29 is 13.2 Å². The summed E-state index contributed by atoms with van der Waals surface area (Å²) in [5, 5.41) is 4.10. The second-order valence-corrected chi connectivity index (χ2v) is 9.86. The van der Waals surface area contributed by atoms with Gasteiger partial charge in [-0.25, -0.2) is 8.42 Å². The van der Waals surface area contributed by atoms with Crippen molar-refractivity contribution in [1.82, 2.24) is 5.32 Å². The molecule has 31 heavy (non-hydrogen) atoms. The Morgan fingerprint density at radius 2 is 1.35 bits per heavy atom. The van der Waals surface area contributed by atoms with E-state index in [0.717, 1.165) is 17.4 Å². The molecule has 0 spiro atoms. The Labute approximate surface area is 192 Å². The minimum absolute atomic E-state index is 0.152. The summed E-state index contributed by atoms with van der Waals surface area (Å²) in [5.74, 6) is -0.182. The summed E-state index contributed by atoms with van der Waals surface area (Å²) in [4.78, 5) is 12.4. The Balaban J connectivity index is 1.62. The molecule has 0 unspecified atom stereocenters. The molecule has 0 saturated carbocycles. The third-order valence-electron chi connectivity index (χ3n) is 4.67. The molecule has 0 saturated heterocycles. The summed E-state index contributed by atoms with van der Waals surface area (Å²) >= 11 is 11.8. The van der Waals surface area contributed by atoms with E-state index in [-0.39, 0.29) is 12.5 Å². The van der Waals surface area contributed by atoms with Gasteiger partial charge in [0.1, 0.15) is 0 Å². The number of amides is 1. The first-order valence-corrected chi connectivity index (χ1v) is 12.2. The van der Waals surface area contributed by atoms with Gasteiger partial charge in [-0.2, -0.15) is 0 Å². The zero-order valence-electron chi connectivity index (χ0n) is 16.9. The van der Waals surface area contributed by atoms with Crippen LogP contribution in [0.15, 0.2) is 72.8 Å². The molecule has 3 aromatic carbocycles. The van der Waals surface area contributed by atoms with Gasteiger partial charge in [-0.1, -0.05) is 47.5 Å². The Hall–Kier alpha value is -2.54. The molecule has 0 aliphatic rings. The lowest BCUT2D eigenvalue weighted by Gasteiger charge is -2.22. The van der Waals surface area contributed by atoms with Crippen molar-refractivity contribution in [2.24, 2.45) is 0 Å². The van der Waals surface area contributed by atoms with E-state index in [0.29, 0.717) is 34.3 Å². The molecule has 0 atom stereocenters. The van der Waals surface area contributed by atoms with E-state index in [1.165, 1.54) is 4.31 Å². The van der Waals surface area contributed by atoms with Crippen LogP contribution in [0.4, 0.5) is 5.69 Å². The van der Waals surface area contributed by atoms with Crippen molar-refractivity contribution in [2.45, 2.75) is 13.0 Å². The van der Waals surface area contributed by atoms with Crippen LogP contribution in [0, 0.1) is 0 Å². The number of hydrogen-bond acceptors (Lipinski definition) is 3. The molecule has 5 nitrogen and oxygen atoms in total. The van der Waals surface area contributed by atoms with Crippen LogP contribution in [-0.2, 0) is 23.0 Å². The van der Waals surface area contributed by atoms with Crippen LogP contribution in [0.1, 0.15) is 21.5 Å². The van der Waals surface area contributed by atoms with Crippen LogP contribution in [0.3, 0.4) is 0 Å². The fourth-order valence-corrected chi connectivity index (χ4v) is 4.15. The molecule has 3 rings (SSSR count). The molecule has 0 radical (unpaired) electrons. The highest BCUT2D eigenvalue weighted by Crippen LogP contribution is 2.23. The number of halogens is 2. The first kappa shape index (κ1) is 23.1. The maximum Gasteiger partial charge on any atom is 0.251 e. The van der Waals surface area contributed by atoms with E-state index in [1.54, 1.807) is 48.5 Å². The normalized spacial score (nSPS) is 11.2. The van der Waals surface area contributed by atoms with Crippen LogP contribution >= 0.6 is 23.2 Å². The third kappa shape index (κ3) is 6.72. The number of benzene rings is 3. The topological polar surface area (TPSA) is 66.5 Å². The van der Waals surface area contributed by atoms with E-state index >= 15 is 0 Å². The average Bonchev–Trinajstić information content (AvgIpc) is 2.74. The van der Waals surface area contributed by atoms with E-state index in [4.69, 9.17) is 23.2 Å². The maximum atomic E-state index is 12.4. The van der Waals surface area contributed by atoms with Gasteiger partial charge < -0.3 is 5.32 Å². The van der Waals surface area contributed by atoms with Crippen molar-refractivity contribution in [2.75, 3.05) is 17.1 Å². The molecule has 0 aliphatic heterocycles. The lowest BCUT2D eigenvalue weighted by molar-refractivity contribution is 0.0954. The predicted molar refractivity (Wildman–Crippen MR) is 126 cm³/mol. The summed E-state index contributed by atoms with van der Waals surface area (Å²) in [6.07, 6.45) is 1.86. The van der Waals surface area contributed by atoms with E-state index in [2.05, 4.69) is 5.32 Å². The Bertz CT molecular complexity index is 1130. The predicted octanol–water partition coefficient (Wildman–Crippen LogP) is 4.93. The van der Waals surface area contributed by atoms with Crippen LogP contribution in [0.25, 0.3) is 0 Å². The molecular formula is C23H22Cl2N2O3S. The van der Waals surface area contributed by atoms with Crippen LogP contribution in [0.5, 0.6) is 0 Å². The second kappa shape index (κ2) is 10.2. The number of anilines is 1. The minimum atomic E-state index is -3.49. The maximum absolute atomic E-state index is 12.4.